The van der Waals surface area contributed by atoms with E-state index in [1.54, 1.807) is 0 Å². The Bertz CT molecular complexity index is 591. The predicted molar refractivity (Wildman–Crippen MR) is 95.5 cm³/mol. The molecule has 0 fully saturated rings. The Kier molecular flexibility index (Phi) is 5.40. The Hall–Kier alpha value is -1.90. The molecule has 1 aliphatic heterocycles. The molecule has 1 unspecified atom stereocenters. The molecule has 23 heavy (non-hydrogen) atoms. The van der Waals surface area contributed by atoms with Crippen LogP contribution in [0.2, 0.25) is 0 Å². The first-order valence-electron chi connectivity index (χ1n) is 8.47. The van der Waals surface area contributed by atoms with Gasteiger partial charge in [0.25, 0.3) is 0 Å². The number of nitrogens with one attached hydrogen (secondary N) is 1. The Balaban J connectivity index is 2.22. The van der Waals surface area contributed by atoms with Crippen LogP contribution < -0.4 is 10.1 Å². The normalized spacial score (nSPS) is 20.2. The van der Waals surface area contributed by atoms with Crippen molar-refractivity contribution in [1.29, 1.82) is 0 Å². The fraction of sp³-hybridized carbons (Fsp3) is 0.500. The molecule has 3 nitrogen and oxygen atoms in total. The van der Waals surface area contributed by atoms with Gasteiger partial charge in [-0.2, -0.15) is 0 Å². The van der Waals surface area contributed by atoms with Crippen LogP contribution in [0.3, 0.4) is 0 Å². The Morgan fingerprint density at radius 3 is 2.26 bits per heavy atom. The third-order valence-corrected chi connectivity index (χ3v) is 4.17. The second-order valence-electron chi connectivity index (χ2n) is 6.52. The zero-order chi connectivity index (χ0) is 17.0. The molecule has 1 N–H and O–H groups in total. The lowest BCUT2D eigenvalue weighted by Crippen LogP contribution is -2.45. The smallest absolute Gasteiger partial charge is 0.200 e. The molecule has 1 atom stereocenters. The lowest BCUT2D eigenvalue weighted by Gasteiger charge is -2.33. The monoisotopic (exact) mass is 315 g/mol. The van der Waals surface area contributed by atoms with Crippen LogP contribution in [0.4, 0.5) is 0 Å². The van der Waals surface area contributed by atoms with Gasteiger partial charge in [-0.15, -0.1) is 0 Å². The molecule has 1 aromatic carbocycles. The van der Waals surface area contributed by atoms with Crippen molar-refractivity contribution in [2.24, 2.45) is 0 Å². The SMILES string of the molecule is CCC(CC)OC1=CC(C)(Oc2c(C)cc(C)cc2C)NC=C1. The van der Waals surface area contributed by atoms with Crippen LogP contribution in [0.5, 0.6) is 5.75 Å². The molecule has 0 amide bonds. The van der Waals surface area contributed by atoms with Gasteiger partial charge in [-0.25, -0.2) is 0 Å². The summed E-state index contributed by atoms with van der Waals surface area (Å²) in [6, 6.07) is 4.30. The van der Waals surface area contributed by atoms with Gasteiger partial charge in [0, 0.05) is 12.3 Å². The number of ether oxygens (including phenoxy) is 2. The summed E-state index contributed by atoms with van der Waals surface area (Å²) in [6.07, 6.45) is 8.13. The number of rotatable bonds is 6. The van der Waals surface area contributed by atoms with E-state index in [0.29, 0.717) is 0 Å². The average molecular weight is 315 g/mol. The summed E-state index contributed by atoms with van der Waals surface area (Å²) < 4.78 is 12.4. The van der Waals surface area contributed by atoms with Crippen LogP contribution in [0, 0.1) is 20.8 Å². The van der Waals surface area contributed by atoms with Crippen LogP contribution >= 0.6 is 0 Å². The van der Waals surface area contributed by atoms with Crippen LogP contribution in [-0.2, 0) is 4.74 Å². The molecule has 0 saturated carbocycles. The standard InChI is InChI=1S/C20H29NO2/c1-7-17(8-2)22-18-9-10-21-20(6,13-18)23-19-15(4)11-14(3)12-16(19)5/h9-13,17,21H,7-8H2,1-6H3. The van der Waals surface area contributed by atoms with Crippen molar-refractivity contribution >= 4 is 0 Å². The lowest BCUT2D eigenvalue weighted by molar-refractivity contribution is 0.0840. The number of aryl methyl sites for hydroxylation is 3. The first kappa shape index (κ1) is 17.5. The summed E-state index contributed by atoms with van der Waals surface area (Å²) in [5.41, 5.74) is 2.94. The minimum Gasteiger partial charge on any atom is -0.491 e. The molecule has 0 saturated heterocycles. The number of benzene rings is 1. The highest BCUT2D eigenvalue weighted by molar-refractivity contribution is 5.44. The quantitative estimate of drug-likeness (QED) is 0.809. The third-order valence-electron chi connectivity index (χ3n) is 4.17. The zero-order valence-electron chi connectivity index (χ0n) is 15.2. The summed E-state index contributed by atoms with van der Waals surface area (Å²) in [7, 11) is 0. The Morgan fingerprint density at radius 1 is 1.09 bits per heavy atom. The van der Waals surface area contributed by atoms with Gasteiger partial charge < -0.3 is 14.8 Å². The van der Waals surface area contributed by atoms with E-state index in [1.807, 2.05) is 25.3 Å². The maximum Gasteiger partial charge on any atom is 0.200 e. The minimum atomic E-state index is -0.610. The van der Waals surface area contributed by atoms with E-state index < -0.39 is 5.72 Å². The molecule has 0 aliphatic carbocycles. The molecule has 0 spiro atoms. The van der Waals surface area contributed by atoms with E-state index >= 15 is 0 Å². The number of hydrogen-bond donors (Lipinski definition) is 1. The topological polar surface area (TPSA) is 30.5 Å². The second-order valence-corrected chi connectivity index (χ2v) is 6.52. The molecule has 0 aromatic heterocycles. The molecular formula is C20H29NO2. The highest BCUT2D eigenvalue weighted by atomic mass is 16.5. The fourth-order valence-corrected chi connectivity index (χ4v) is 2.97. The van der Waals surface area contributed by atoms with Crippen LogP contribution in [-0.4, -0.2) is 11.8 Å². The Morgan fingerprint density at radius 2 is 1.70 bits per heavy atom. The molecule has 1 aliphatic rings. The van der Waals surface area contributed by atoms with Gasteiger partial charge in [0.1, 0.15) is 11.5 Å². The van der Waals surface area contributed by atoms with Gasteiger partial charge in [-0.3, -0.25) is 0 Å². The van der Waals surface area contributed by atoms with Crippen molar-refractivity contribution in [3.8, 4) is 5.75 Å². The van der Waals surface area contributed by atoms with Gasteiger partial charge in [-0.1, -0.05) is 31.5 Å². The molecule has 3 heteroatoms. The first-order valence-corrected chi connectivity index (χ1v) is 8.47. The van der Waals surface area contributed by atoms with Crippen molar-refractivity contribution in [3.63, 3.8) is 0 Å². The van der Waals surface area contributed by atoms with E-state index in [4.69, 9.17) is 9.47 Å². The summed E-state index contributed by atoms with van der Waals surface area (Å²) in [6.45, 7) is 12.6. The number of allylic oxidation sites excluding steroid dienone is 1. The van der Waals surface area contributed by atoms with Crippen LogP contribution in [0.25, 0.3) is 0 Å². The van der Waals surface area contributed by atoms with Crippen molar-refractivity contribution in [2.45, 2.75) is 66.2 Å². The van der Waals surface area contributed by atoms with Gasteiger partial charge in [0.15, 0.2) is 0 Å². The molecule has 0 bridgehead atoms. The molecule has 1 heterocycles. The van der Waals surface area contributed by atoms with Gasteiger partial charge >= 0.3 is 0 Å². The van der Waals surface area contributed by atoms with E-state index in [9.17, 15) is 0 Å². The third kappa shape index (κ3) is 4.31. The summed E-state index contributed by atoms with van der Waals surface area (Å²) in [4.78, 5) is 0. The van der Waals surface area contributed by atoms with Crippen molar-refractivity contribution in [1.82, 2.24) is 5.32 Å². The number of dihydropyridines is 1. The van der Waals surface area contributed by atoms with Gasteiger partial charge in [-0.05, 0) is 57.7 Å². The first-order chi connectivity index (χ1) is 10.9. The average Bonchev–Trinajstić information content (AvgIpc) is 2.48. The largest absolute Gasteiger partial charge is 0.491 e. The predicted octanol–water partition coefficient (Wildman–Crippen LogP) is 4.91. The van der Waals surface area contributed by atoms with E-state index in [-0.39, 0.29) is 6.10 Å². The maximum atomic E-state index is 6.32. The zero-order valence-corrected chi connectivity index (χ0v) is 15.2. The molecule has 2 rings (SSSR count). The highest BCUT2D eigenvalue weighted by Gasteiger charge is 2.27. The second kappa shape index (κ2) is 7.12. The van der Waals surface area contributed by atoms with Crippen molar-refractivity contribution < 1.29 is 9.47 Å². The maximum absolute atomic E-state index is 6.32. The molecule has 1 aromatic rings. The summed E-state index contributed by atoms with van der Waals surface area (Å²) in [5.74, 6) is 1.79. The van der Waals surface area contributed by atoms with Crippen LogP contribution in [0.1, 0.15) is 50.3 Å². The fourth-order valence-electron chi connectivity index (χ4n) is 2.97. The van der Waals surface area contributed by atoms with E-state index in [1.165, 1.54) is 5.56 Å². The Labute approximate surface area is 140 Å². The molecular weight excluding hydrogens is 286 g/mol. The van der Waals surface area contributed by atoms with Crippen molar-refractivity contribution in [2.75, 3.05) is 0 Å². The summed E-state index contributed by atoms with van der Waals surface area (Å²) >= 11 is 0. The molecule has 0 radical (unpaired) electrons. The van der Waals surface area contributed by atoms with E-state index in [0.717, 1.165) is 35.5 Å². The molecule has 126 valence electrons. The summed E-state index contributed by atoms with van der Waals surface area (Å²) in [5, 5.41) is 3.29. The lowest BCUT2D eigenvalue weighted by atomic mass is 10.1. The van der Waals surface area contributed by atoms with E-state index in [2.05, 4.69) is 52.1 Å². The van der Waals surface area contributed by atoms with Gasteiger partial charge in [0.05, 0.1) is 6.10 Å². The van der Waals surface area contributed by atoms with Gasteiger partial charge in [0.2, 0.25) is 5.72 Å². The highest BCUT2D eigenvalue weighted by Crippen LogP contribution is 2.30. The van der Waals surface area contributed by atoms with Crippen molar-refractivity contribution in [3.05, 3.63) is 52.9 Å². The minimum absolute atomic E-state index is 0.246. The number of hydrogen-bond acceptors (Lipinski definition) is 3. The van der Waals surface area contributed by atoms with Crippen LogP contribution in [0.15, 0.2) is 36.2 Å².